The molecule has 0 spiro atoms. The van der Waals surface area contributed by atoms with Crippen LogP contribution < -0.4 is 21.7 Å². The lowest BCUT2D eigenvalue weighted by Gasteiger charge is -2.32. The van der Waals surface area contributed by atoms with Crippen molar-refractivity contribution in [2.45, 2.75) is 38.0 Å². The SMILES string of the molecule is C[C@@H](c1ccccc1)N1C(=O)C(NC(N)=O)CCc2cc(N)c(C(F)(F)F)cc21. The molecule has 2 aromatic carbocycles. The standard InChI is InChI=1S/C20H21F3N4O2/c1-11(12-5-3-2-4-6-12)27-17-10-14(20(21,22)23)15(24)9-13(17)7-8-16(18(27)28)26-19(25)29/h2-6,9-11,16H,7-8,24H2,1H3,(H3,25,26,29)/t11-,16?/m0/s1. The van der Waals surface area contributed by atoms with Gasteiger partial charge in [0.05, 0.1) is 11.6 Å². The van der Waals surface area contributed by atoms with Gasteiger partial charge in [0.1, 0.15) is 6.04 Å². The molecule has 0 saturated carbocycles. The molecule has 0 aliphatic carbocycles. The van der Waals surface area contributed by atoms with Crippen LogP contribution in [-0.2, 0) is 17.4 Å². The molecule has 0 aromatic heterocycles. The number of nitrogens with one attached hydrogen (secondary N) is 1. The van der Waals surface area contributed by atoms with E-state index in [9.17, 15) is 22.8 Å². The Morgan fingerprint density at radius 2 is 1.90 bits per heavy atom. The summed E-state index contributed by atoms with van der Waals surface area (Å²) in [4.78, 5) is 25.9. The van der Waals surface area contributed by atoms with E-state index in [4.69, 9.17) is 11.5 Å². The lowest BCUT2D eigenvalue weighted by atomic mass is 10.0. The highest BCUT2D eigenvalue weighted by Crippen LogP contribution is 2.41. The van der Waals surface area contributed by atoms with Gasteiger partial charge in [0.15, 0.2) is 0 Å². The molecule has 1 aliphatic heterocycles. The minimum atomic E-state index is -4.67. The number of fused-ring (bicyclic) bond motifs is 1. The number of primary amides is 1. The fraction of sp³-hybridized carbons (Fsp3) is 0.300. The molecule has 29 heavy (non-hydrogen) atoms. The Balaban J connectivity index is 2.17. The predicted octanol–water partition coefficient (Wildman–Crippen LogP) is 3.36. The maximum absolute atomic E-state index is 13.5. The van der Waals surface area contributed by atoms with Crippen molar-refractivity contribution in [3.05, 3.63) is 59.2 Å². The van der Waals surface area contributed by atoms with E-state index in [2.05, 4.69) is 5.32 Å². The molecular formula is C20H21F3N4O2. The molecule has 5 N–H and O–H groups in total. The van der Waals surface area contributed by atoms with Crippen molar-refractivity contribution in [2.75, 3.05) is 10.6 Å². The molecule has 1 unspecified atom stereocenters. The fourth-order valence-electron chi connectivity index (χ4n) is 3.62. The lowest BCUT2D eigenvalue weighted by molar-refractivity contribution is -0.137. The van der Waals surface area contributed by atoms with Crippen molar-refractivity contribution in [3.8, 4) is 0 Å². The van der Waals surface area contributed by atoms with Gasteiger partial charge in [0.25, 0.3) is 0 Å². The number of carbonyl (C=O) groups excluding carboxylic acids is 2. The second-order valence-corrected chi connectivity index (χ2v) is 6.96. The van der Waals surface area contributed by atoms with Crippen molar-refractivity contribution in [1.82, 2.24) is 5.32 Å². The number of carbonyl (C=O) groups is 2. The van der Waals surface area contributed by atoms with Crippen LogP contribution in [0.5, 0.6) is 0 Å². The first-order chi connectivity index (χ1) is 13.6. The van der Waals surface area contributed by atoms with E-state index >= 15 is 0 Å². The summed E-state index contributed by atoms with van der Waals surface area (Å²) in [6.45, 7) is 1.72. The van der Waals surface area contributed by atoms with Gasteiger partial charge < -0.3 is 21.7 Å². The summed E-state index contributed by atoms with van der Waals surface area (Å²) in [6.07, 6.45) is -4.22. The van der Waals surface area contributed by atoms with Crippen LogP contribution in [0.1, 0.15) is 36.1 Å². The van der Waals surface area contributed by atoms with Crippen LogP contribution in [0.3, 0.4) is 0 Å². The molecule has 154 valence electrons. The summed E-state index contributed by atoms with van der Waals surface area (Å²) >= 11 is 0. The first-order valence-corrected chi connectivity index (χ1v) is 9.03. The number of nitrogens with two attached hydrogens (primary N) is 2. The van der Waals surface area contributed by atoms with Gasteiger partial charge in [0, 0.05) is 11.4 Å². The molecule has 1 heterocycles. The molecule has 2 aromatic rings. The Kier molecular flexibility index (Phi) is 5.41. The van der Waals surface area contributed by atoms with E-state index in [1.54, 1.807) is 37.3 Å². The number of hydrogen-bond donors (Lipinski definition) is 3. The molecule has 3 amide bonds. The van der Waals surface area contributed by atoms with Crippen LogP contribution in [0.4, 0.5) is 29.3 Å². The minimum Gasteiger partial charge on any atom is -0.398 e. The summed E-state index contributed by atoms with van der Waals surface area (Å²) in [5, 5.41) is 2.40. The Labute approximate surface area is 165 Å². The third-order valence-corrected chi connectivity index (χ3v) is 5.04. The normalized spacial score (nSPS) is 18.0. The largest absolute Gasteiger partial charge is 0.418 e. The van der Waals surface area contributed by atoms with Gasteiger partial charge in [-0.3, -0.25) is 4.79 Å². The molecule has 0 bridgehead atoms. The van der Waals surface area contributed by atoms with E-state index in [0.29, 0.717) is 5.56 Å². The quantitative estimate of drug-likeness (QED) is 0.681. The van der Waals surface area contributed by atoms with Gasteiger partial charge in [-0.2, -0.15) is 13.2 Å². The highest BCUT2D eigenvalue weighted by atomic mass is 19.4. The highest BCUT2D eigenvalue weighted by Gasteiger charge is 2.39. The zero-order valence-corrected chi connectivity index (χ0v) is 15.7. The topological polar surface area (TPSA) is 101 Å². The molecule has 0 saturated heterocycles. The van der Waals surface area contributed by atoms with Crippen molar-refractivity contribution in [3.63, 3.8) is 0 Å². The third-order valence-electron chi connectivity index (χ3n) is 5.04. The number of alkyl halides is 3. The first kappa shape index (κ1) is 20.5. The van der Waals surface area contributed by atoms with E-state index in [0.717, 1.165) is 11.6 Å². The molecule has 1 aliphatic rings. The Morgan fingerprint density at radius 3 is 2.48 bits per heavy atom. The van der Waals surface area contributed by atoms with Crippen molar-refractivity contribution >= 4 is 23.3 Å². The fourth-order valence-corrected chi connectivity index (χ4v) is 3.62. The number of aryl methyl sites for hydroxylation is 1. The average Bonchev–Trinajstić information content (AvgIpc) is 2.77. The number of rotatable bonds is 3. The lowest BCUT2D eigenvalue weighted by Crippen LogP contribution is -2.50. The second-order valence-electron chi connectivity index (χ2n) is 6.96. The number of anilines is 2. The molecule has 3 rings (SSSR count). The minimum absolute atomic E-state index is 0.127. The van der Waals surface area contributed by atoms with Gasteiger partial charge in [-0.15, -0.1) is 0 Å². The summed E-state index contributed by atoms with van der Waals surface area (Å²) in [5.41, 5.74) is 10.8. The van der Waals surface area contributed by atoms with E-state index in [1.165, 1.54) is 11.0 Å². The maximum Gasteiger partial charge on any atom is 0.418 e. The number of benzene rings is 2. The number of hydrogen-bond acceptors (Lipinski definition) is 3. The highest BCUT2D eigenvalue weighted by molar-refractivity contribution is 6.01. The van der Waals surface area contributed by atoms with Gasteiger partial charge >= 0.3 is 12.2 Å². The molecule has 9 heteroatoms. The molecule has 0 fully saturated rings. The number of amides is 3. The molecule has 6 nitrogen and oxygen atoms in total. The van der Waals surface area contributed by atoms with Crippen LogP contribution in [0.25, 0.3) is 0 Å². The molecular weight excluding hydrogens is 385 g/mol. The average molecular weight is 406 g/mol. The first-order valence-electron chi connectivity index (χ1n) is 9.03. The second kappa shape index (κ2) is 7.65. The van der Waals surface area contributed by atoms with E-state index in [1.807, 2.05) is 0 Å². The van der Waals surface area contributed by atoms with Crippen LogP contribution in [0, 0.1) is 0 Å². The Hall–Kier alpha value is -3.23. The summed E-state index contributed by atoms with van der Waals surface area (Å²) in [7, 11) is 0. The zero-order chi connectivity index (χ0) is 21.3. The number of nitrogens with zero attached hydrogens (tertiary/aromatic N) is 1. The summed E-state index contributed by atoms with van der Waals surface area (Å²) < 4.78 is 40.4. The predicted molar refractivity (Wildman–Crippen MR) is 103 cm³/mol. The van der Waals surface area contributed by atoms with Gasteiger partial charge in [-0.05, 0) is 43.0 Å². The Bertz CT molecular complexity index is 931. The Morgan fingerprint density at radius 1 is 1.24 bits per heavy atom. The monoisotopic (exact) mass is 406 g/mol. The summed E-state index contributed by atoms with van der Waals surface area (Å²) in [6, 6.07) is 8.66. The third kappa shape index (κ3) is 4.13. The van der Waals surface area contributed by atoms with Gasteiger partial charge in [-0.25, -0.2) is 4.79 Å². The number of nitrogen functional groups attached to an aromatic ring is 1. The number of urea groups is 1. The van der Waals surface area contributed by atoms with E-state index in [-0.39, 0.29) is 18.5 Å². The maximum atomic E-state index is 13.5. The summed E-state index contributed by atoms with van der Waals surface area (Å²) in [5.74, 6) is -0.531. The van der Waals surface area contributed by atoms with Crippen LogP contribution >= 0.6 is 0 Å². The van der Waals surface area contributed by atoms with Crippen molar-refractivity contribution in [2.24, 2.45) is 5.73 Å². The van der Waals surface area contributed by atoms with Crippen LogP contribution in [0.15, 0.2) is 42.5 Å². The van der Waals surface area contributed by atoms with Gasteiger partial charge in [-0.1, -0.05) is 30.3 Å². The van der Waals surface area contributed by atoms with Gasteiger partial charge in [0.2, 0.25) is 5.91 Å². The van der Waals surface area contributed by atoms with E-state index < -0.39 is 41.4 Å². The number of halogens is 3. The van der Waals surface area contributed by atoms with Crippen molar-refractivity contribution in [1.29, 1.82) is 0 Å². The molecule has 2 atom stereocenters. The molecule has 0 radical (unpaired) electrons. The van der Waals surface area contributed by atoms with Crippen LogP contribution in [0.2, 0.25) is 0 Å². The zero-order valence-electron chi connectivity index (χ0n) is 15.7. The van der Waals surface area contributed by atoms with Crippen LogP contribution in [-0.4, -0.2) is 18.0 Å². The smallest absolute Gasteiger partial charge is 0.398 e. The van der Waals surface area contributed by atoms with Crippen molar-refractivity contribution < 1.29 is 22.8 Å².